The third-order valence-corrected chi connectivity index (χ3v) is 5.20. The number of nitrogens with one attached hydrogen (secondary N) is 2. The Bertz CT molecular complexity index is 764. The highest BCUT2D eigenvalue weighted by molar-refractivity contribution is 5.95. The molecule has 1 fully saturated rings. The van der Waals surface area contributed by atoms with Crippen molar-refractivity contribution in [2.75, 3.05) is 46.4 Å². The van der Waals surface area contributed by atoms with Gasteiger partial charge in [-0.1, -0.05) is 35.9 Å². The van der Waals surface area contributed by atoms with Crippen LogP contribution >= 0.6 is 0 Å². The number of urea groups is 1. The van der Waals surface area contributed by atoms with Crippen LogP contribution in [0.5, 0.6) is 0 Å². The van der Waals surface area contributed by atoms with E-state index in [1.165, 1.54) is 7.11 Å². The van der Waals surface area contributed by atoms with Crippen LogP contribution in [-0.4, -0.2) is 68.2 Å². The Hall–Kier alpha value is -2.64. The van der Waals surface area contributed by atoms with E-state index in [4.69, 9.17) is 4.74 Å². The third kappa shape index (κ3) is 4.61. The summed E-state index contributed by atoms with van der Waals surface area (Å²) in [4.78, 5) is 29.5. The zero-order valence-corrected chi connectivity index (χ0v) is 16.5. The fraction of sp³-hybridized carbons (Fsp3) is 0.429. The Balaban J connectivity index is 1.86. The van der Waals surface area contributed by atoms with Crippen molar-refractivity contribution >= 4 is 12.0 Å². The van der Waals surface area contributed by atoms with Crippen molar-refractivity contribution in [3.63, 3.8) is 0 Å². The Labute approximate surface area is 166 Å². The summed E-state index contributed by atoms with van der Waals surface area (Å²) in [5, 5.41) is 5.70. The first-order valence-corrected chi connectivity index (χ1v) is 9.53. The number of ether oxygens (including phenoxy) is 1. The summed E-state index contributed by atoms with van der Waals surface area (Å²) < 4.78 is 5.04. The summed E-state index contributed by atoms with van der Waals surface area (Å²) in [7, 11) is 1.36. The maximum atomic E-state index is 12.6. The summed E-state index contributed by atoms with van der Waals surface area (Å²) in [5.41, 5.74) is 3.04. The van der Waals surface area contributed by atoms with Gasteiger partial charge in [0.15, 0.2) is 0 Å². The van der Waals surface area contributed by atoms with Crippen molar-refractivity contribution in [2.24, 2.45) is 0 Å². The molecule has 0 bridgehead atoms. The Kier molecular flexibility index (Phi) is 6.49. The maximum Gasteiger partial charge on any atom is 0.338 e. The Morgan fingerprint density at radius 1 is 1.21 bits per heavy atom. The van der Waals surface area contributed by atoms with E-state index >= 15 is 0 Å². The summed E-state index contributed by atoms with van der Waals surface area (Å²) in [6.45, 7) is 10.8. The number of aryl methyl sites for hydroxylation is 1. The van der Waals surface area contributed by atoms with Crippen LogP contribution in [0, 0.1) is 6.92 Å². The summed E-state index contributed by atoms with van der Waals surface area (Å²) in [6.07, 6.45) is 1.91. The highest BCUT2D eigenvalue weighted by Gasteiger charge is 2.34. The van der Waals surface area contributed by atoms with Crippen LogP contribution in [0.2, 0.25) is 0 Å². The SMILES string of the molecule is C=CCN1CCN(CC2=C(C(=O)OC)[C@@H](c3ccc(C)cc3)NC(=O)N2)CC1. The lowest BCUT2D eigenvalue weighted by atomic mass is 9.94. The molecule has 1 saturated heterocycles. The second-order valence-corrected chi connectivity index (χ2v) is 7.19. The number of hydrogen-bond acceptors (Lipinski definition) is 5. The number of rotatable bonds is 6. The van der Waals surface area contributed by atoms with Crippen molar-refractivity contribution in [3.8, 4) is 0 Å². The van der Waals surface area contributed by atoms with Crippen molar-refractivity contribution in [3.05, 3.63) is 59.3 Å². The fourth-order valence-electron chi connectivity index (χ4n) is 3.64. The predicted octanol–water partition coefficient (Wildman–Crippen LogP) is 1.58. The minimum absolute atomic E-state index is 0.307. The minimum Gasteiger partial charge on any atom is -0.466 e. The van der Waals surface area contributed by atoms with Gasteiger partial charge >= 0.3 is 12.0 Å². The van der Waals surface area contributed by atoms with E-state index in [9.17, 15) is 9.59 Å². The smallest absolute Gasteiger partial charge is 0.338 e. The van der Waals surface area contributed by atoms with Gasteiger partial charge in [-0.2, -0.15) is 0 Å². The van der Waals surface area contributed by atoms with E-state index in [0.29, 0.717) is 17.8 Å². The predicted molar refractivity (Wildman–Crippen MR) is 108 cm³/mol. The number of nitrogens with zero attached hydrogens (tertiary/aromatic N) is 2. The van der Waals surface area contributed by atoms with Crippen molar-refractivity contribution in [1.82, 2.24) is 20.4 Å². The molecule has 0 spiro atoms. The summed E-state index contributed by atoms with van der Waals surface area (Å²) in [5.74, 6) is -0.432. The second kappa shape index (κ2) is 9.03. The normalized spacial score (nSPS) is 21.1. The summed E-state index contributed by atoms with van der Waals surface area (Å²) in [6, 6.07) is 6.96. The van der Waals surface area contributed by atoms with Crippen LogP contribution in [0.1, 0.15) is 17.2 Å². The van der Waals surface area contributed by atoms with Gasteiger partial charge in [0.2, 0.25) is 0 Å². The Morgan fingerprint density at radius 3 is 2.46 bits per heavy atom. The van der Waals surface area contributed by atoms with Crippen molar-refractivity contribution in [2.45, 2.75) is 13.0 Å². The molecule has 1 aromatic carbocycles. The van der Waals surface area contributed by atoms with Crippen LogP contribution in [0.15, 0.2) is 48.2 Å². The molecule has 7 nitrogen and oxygen atoms in total. The number of amides is 2. The number of methoxy groups -OCH3 is 1. The van der Waals surface area contributed by atoms with E-state index in [1.54, 1.807) is 0 Å². The van der Waals surface area contributed by atoms with Gasteiger partial charge in [-0.25, -0.2) is 9.59 Å². The Morgan fingerprint density at radius 2 is 1.86 bits per heavy atom. The van der Waals surface area contributed by atoms with E-state index in [-0.39, 0.29) is 6.03 Å². The van der Waals surface area contributed by atoms with Gasteiger partial charge in [-0.05, 0) is 12.5 Å². The summed E-state index contributed by atoms with van der Waals surface area (Å²) >= 11 is 0. The zero-order valence-electron chi connectivity index (χ0n) is 16.5. The van der Waals surface area contributed by atoms with Gasteiger partial charge < -0.3 is 15.4 Å². The molecule has 0 unspecified atom stereocenters. The van der Waals surface area contributed by atoms with E-state index in [1.807, 2.05) is 37.3 Å². The van der Waals surface area contributed by atoms with E-state index in [2.05, 4.69) is 27.0 Å². The number of esters is 1. The highest BCUT2D eigenvalue weighted by Crippen LogP contribution is 2.28. The van der Waals surface area contributed by atoms with Crippen LogP contribution in [0.25, 0.3) is 0 Å². The molecule has 0 aromatic heterocycles. The largest absolute Gasteiger partial charge is 0.466 e. The third-order valence-electron chi connectivity index (χ3n) is 5.20. The molecule has 1 atom stereocenters. The molecule has 3 rings (SSSR count). The van der Waals surface area contributed by atoms with Crippen LogP contribution < -0.4 is 10.6 Å². The lowest BCUT2D eigenvalue weighted by Gasteiger charge is -2.36. The van der Waals surface area contributed by atoms with Crippen molar-refractivity contribution in [1.29, 1.82) is 0 Å². The molecule has 2 N–H and O–H groups in total. The van der Waals surface area contributed by atoms with Crippen LogP contribution in [-0.2, 0) is 9.53 Å². The molecule has 0 saturated carbocycles. The first-order valence-electron chi connectivity index (χ1n) is 9.53. The van der Waals surface area contributed by atoms with Gasteiger partial charge in [0.05, 0.1) is 18.7 Å². The first-order chi connectivity index (χ1) is 13.5. The zero-order chi connectivity index (χ0) is 20.1. The molecule has 0 radical (unpaired) electrons. The molecule has 150 valence electrons. The molecular weight excluding hydrogens is 356 g/mol. The lowest BCUT2D eigenvalue weighted by molar-refractivity contribution is -0.136. The molecule has 0 aliphatic carbocycles. The van der Waals surface area contributed by atoms with Gasteiger partial charge in [0.25, 0.3) is 0 Å². The monoisotopic (exact) mass is 384 g/mol. The van der Waals surface area contributed by atoms with E-state index in [0.717, 1.165) is 43.9 Å². The molecule has 2 heterocycles. The number of hydrogen-bond donors (Lipinski definition) is 2. The van der Waals surface area contributed by atoms with Crippen LogP contribution in [0.3, 0.4) is 0 Å². The highest BCUT2D eigenvalue weighted by atomic mass is 16.5. The van der Waals surface area contributed by atoms with Gasteiger partial charge in [0, 0.05) is 45.0 Å². The molecule has 2 aliphatic rings. The maximum absolute atomic E-state index is 12.6. The fourth-order valence-corrected chi connectivity index (χ4v) is 3.64. The quantitative estimate of drug-likeness (QED) is 0.575. The molecule has 1 aromatic rings. The molecule has 2 aliphatic heterocycles. The minimum atomic E-state index is -0.529. The number of carbonyl (C=O) groups is 2. The average Bonchev–Trinajstić information content (AvgIpc) is 2.69. The number of benzene rings is 1. The topological polar surface area (TPSA) is 73.9 Å². The van der Waals surface area contributed by atoms with Crippen LogP contribution in [0.4, 0.5) is 4.79 Å². The van der Waals surface area contributed by atoms with Gasteiger partial charge in [-0.15, -0.1) is 6.58 Å². The standard InChI is InChI=1S/C21H28N4O3/c1-4-9-24-10-12-25(13-11-24)14-17-18(20(26)28-3)19(23-21(27)22-17)16-7-5-15(2)6-8-16/h4-8,19H,1,9-14H2,2-3H3,(H2,22,23,27)/t19-/m1/s1. The van der Waals surface area contributed by atoms with Gasteiger partial charge in [0.1, 0.15) is 0 Å². The lowest BCUT2D eigenvalue weighted by Crippen LogP contribution is -2.51. The molecule has 28 heavy (non-hydrogen) atoms. The molecule has 2 amide bonds. The molecule has 7 heteroatoms. The number of carbonyl (C=O) groups excluding carboxylic acids is 2. The average molecular weight is 384 g/mol. The first kappa shape index (κ1) is 20.1. The van der Waals surface area contributed by atoms with Crippen molar-refractivity contribution < 1.29 is 14.3 Å². The number of piperazine rings is 1. The van der Waals surface area contributed by atoms with E-state index < -0.39 is 12.0 Å². The second-order valence-electron chi connectivity index (χ2n) is 7.19. The van der Waals surface area contributed by atoms with Gasteiger partial charge in [-0.3, -0.25) is 9.80 Å². The molecular formula is C21H28N4O3.